The first-order valence-corrected chi connectivity index (χ1v) is 5.34. The average molecular weight is 203 g/mol. The van der Waals surface area contributed by atoms with E-state index < -0.39 is 0 Å². The van der Waals surface area contributed by atoms with Crippen molar-refractivity contribution in [3.63, 3.8) is 0 Å². The van der Waals surface area contributed by atoms with Crippen molar-refractivity contribution >= 4 is 17.4 Å². The van der Waals surface area contributed by atoms with Crippen LogP contribution in [0, 0.1) is 6.92 Å². The van der Waals surface area contributed by atoms with Crippen LogP contribution in [0.3, 0.4) is 0 Å². The molecule has 0 aromatic heterocycles. The van der Waals surface area contributed by atoms with Gasteiger partial charge in [-0.3, -0.25) is 0 Å². The Morgan fingerprint density at radius 1 is 0.857 bits per heavy atom. The number of aryl methyl sites for hydroxylation is 2. The zero-order valence-electron chi connectivity index (χ0n) is 9.85. The van der Waals surface area contributed by atoms with Crippen molar-refractivity contribution in [2.45, 2.75) is 47.0 Å². The van der Waals surface area contributed by atoms with E-state index in [1.54, 1.807) is 11.1 Å². The van der Waals surface area contributed by atoms with Gasteiger partial charge < -0.3 is 0 Å². The number of rotatable bonds is 3. The van der Waals surface area contributed by atoms with Gasteiger partial charge in [-0.15, -0.1) is 0 Å². The lowest BCUT2D eigenvalue weighted by atomic mass is 9.92. The van der Waals surface area contributed by atoms with Crippen LogP contribution in [0.1, 0.15) is 43.0 Å². The van der Waals surface area contributed by atoms with Crippen LogP contribution in [0.2, 0.25) is 0 Å². The Labute approximate surface area is 98.9 Å². The molecule has 0 atom stereocenters. The molecule has 0 N–H and O–H groups in total. The van der Waals surface area contributed by atoms with Crippen molar-refractivity contribution in [3.05, 3.63) is 34.4 Å². The fourth-order valence-electron chi connectivity index (χ4n) is 2.12. The Balaban J connectivity index is 0.00000169. The van der Waals surface area contributed by atoms with E-state index in [0.29, 0.717) is 0 Å². The summed E-state index contributed by atoms with van der Waals surface area (Å²) in [6.07, 6.45) is 3.51. The van der Waals surface area contributed by atoms with Gasteiger partial charge in [-0.2, -0.15) is 0 Å². The standard InChI is InChI=1S/C13H20.Al/c1-5-11-9-8-10(4)12(6-2)13(11)7-3;/h8-9H,5-7H2,1-4H3;. The van der Waals surface area contributed by atoms with Gasteiger partial charge in [-0.1, -0.05) is 32.9 Å². The molecule has 0 saturated heterocycles. The van der Waals surface area contributed by atoms with Crippen LogP contribution in [-0.4, -0.2) is 17.4 Å². The molecule has 3 radical (unpaired) electrons. The molecule has 1 aromatic carbocycles. The van der Waals surface area contributed by atoms with E-state index in [1.165, 1.54) is 24.0 Å². The van der Waals surface area contributed by atoms with Crippen molar-refractivity contribution < 1.29 is 0 Å². The zero-order chi connectivity index (χ0) is 9.84. The van der Waals surface area contributed by atoms with Crippen molar-refractivity contribution in [1.29, 1.82) is 0 Å². The van der Waals surface area contributed by atoms with Crippen LogP contribution in [0.25, 0.3) is 0 Å². The summed E-state index contributed by atoms with van der Waals surface area (Å²) in [5, 5.41) is 0. The summed E-state index contributed by atoms with van der Waals surface area (Å²) >= 11 is 0. The molecule has 0 aliphatic rings. The molecular formula is C13H20Al. The van der Waals surface area contributed by atoms with E-state index in [2.05, 4.69) is 39.8 Å². The van der Waals surface area contributed by atoms with Crippen LogP contribution >= 0.6 is 0 Å². The normalized spacial score (nSPS) is 9.71. The molecule has 14 heavy (non-hydrogen) atoms. The van der Waals surface area contributed by atoms with E-state index in [4.69, 9.17) is 0 Å². The van der Waals surface area contributed by atoms with E-state index in [1.807, 2.05) is 0 Å². The van der Waals surface area contributed by atoms with Gasteiger partial charge >= 0.3 is 0 Å². The summed E-state index contributed by atoms with van der Waals surface area (Å²) in [6.45, 7) is 8.97. The summed E-state index contributed by atoms with van der Waals surface area (Å²) in [6, 6.07) is 4.55. The van der Waals surface area contributed by atoms with Gasteiger partial charge in [0.25, 0.3) is 0 Å². The van der Waals surface area contributed by atoms with E-state index in [0.717, 1.165) is 6.42 Å². The van der Waals surface area contributed by atoms with Gasteiger partial charge in [0.15, 0.2) is 0 Å². The fraction of sp³-hybridized carbons (Fsp3) is 0.538. The molecule has 0 fully saturated rings. The Morgan fingerprint density at radius 3 is 1.86 bits per heavy atom. The molecule has 1 aromatic rings. The molecule has 0 aliphatic carbocycles. The van der Waals surface area contributed by atoms with Gasteiger partial charge in [0.05, 0.1) is 0 Å². The molecule has 0 amide bonds. The van der Waals surface area contributed by atoms with Gasteiger partial charge in [0.2, 0.25) is 0 Å². The zero-order valence-corrected chi connectivity index (χ0v) is 11.0. The molecule has 0 saturated carbocycles. The minimum Gasteiger partial charge on any atom is -0.0613 e. The molecule has 0 heterocycles. The Hall–Kier alpha value is -0.248. The van der Waals surface area contributed by atoms with Crippen molar-refractivity contribution in [2.24, 2.45) is 0 Å². The Morgan fingerprint density at radius 2 is 1.43 bits per heavy atom. The lowest BCUT2D eigenvalue weighted by Crippen LogP contribution is -1.99. The minimum atomic E-state index is 0. The van der Waals surface area contributed by atoms with Crippen LogP contribution in [0.15, 0.2) is 12.1 Å². The number of hydrogen-bond donors (Lipinski definition) is 0. The lowest BCUT2D eigenvalue weighted by Gasteiger charge is -2.13. The molecule has 0 unspecified atom stereocenters. The maximum absolute atomic E-state index is 2.29. The third-order valence-electron chi connectivity index (χ3n) is 2.85. The third kappa shape index (κ3) is 2.62. The van der Waals surface area contributed by atoms with Crippen molar-refractivity contribution in [1.82, 2.24) is 0 Å². The second-order valence-corrected chi connectivity index (χ2v) is 3.56. The topological polar surface area (TPSA) is 0 Å². The molecular weight excluding hydrogens is 183 g/mol. The quantitative estimate of drug-likeness (QED) is 0.661. The van der Waals surface area contributed by atoms with E-state index in [-0.39, 0.29) is 17.4 Å². The first kappa shape index (κ1) is 13.8. The molecule has 0 spiro atoms. The summed E-state index contributed by atoms with van der Waals surface area (Å²) < 4.78 is 0. The summed E-state index contributed by atoms with van der Waals surface area (Å²) in [7, 11) is 0. The lowest BCUT2D eigenvalue weighted by molar-refractivity contribution is 0.968. The van der Waals surface area contributed by atoms with E-state index >= 15 is 0 Å². The fourth-order valence-corrected chi connectivity index (χ4v) is 2.12. The number of benzene rings is 1. The highest BCUT2D eigenvalue weighted by molar-refractivity contribution is 5.75. The van der Waals surface area contributed by atoms with E-state index in [9.17, 15) is 0 Å². The van der Waals surface area contributed by atoms with Crippen molar-refractivity contribution in [2.75, 3.05) is 0 Å². The predicted molar refractivity (Wildman–Crippen MR) is 65.1 cm³/mol. The molecule has 0 nitrogen and oxygen atoms in total. The molecule has 1 rings (SSSR count). The van der Waals surface area contributed by atoms with Crippen molar-refractivity contribution in [3.8, 4) is 0 Å². The highest BCUT2D eigenvalue weighted by Crippen LogP contribution is 2.20. The first-order chi connectivity index (χ1) is 6.24. The van der Waals surface area contributed by atoms with Crippen LogP contribution in [0.5, 0.6) is 0 Å². The second kappa shape index (κ2) is 6.28. The van der Waals surface area contributed by atoms with Crippen LogP contribution in [-0.2, 0) is 19.3 Å². The monoisotopic (exact) mass is 203 g/mol. The smallest absolute Gasteiger partial charge is 0 e. The van der Waals surface area contributed by atoms with Crippen LogP contribution < -0.4 is 0 Å². The molecule has 1 heteroatoms. The average Bonchev–Trinajstić information content (AvgIpc) is 2.17. The maximum Gasteiger partial charge on any atom is 0 e. The van der Waals surface area contributed by atoms with Gasteiger partial charge in [0.1, 0.15) is 0 Å². The summed E-state index contributed by atoms with van der Waals surface area (Å²) in [4.78, 5) is 0. The highest BCUT2D eigenvalue weighted by atomic mass is 27.0. The molecule has 75 valence electrons. The van der Waals surface area contributed by atoms with Gasteiger partial charge in [-0.25, -0.2) is 0 Å². The summed E-state index contributed by atoms with van der Waals surface area (Å²) in [5.41, 5.74) is 6.15. The maximum atomic E-state index is 2.29. The summed E-state index contributed by atoms with van der Waals surface area (Å²) in [5.74, 6) is 0. The minimum absolute atomic E-state index is 0. The largest absolute Gasteiger partial charge is 0.0613 e. The first-order valence-electron chi connectivity index (χ1n) is 5.34. The second-order valence-electron chi connectivity index (χ2n) is 3.56. The Kier molecular flexibility index (Phi) is 6.17. The van der Waals surface area contributed by atoms with Crippen LogP contribution in [0.4, 0.5) is 0 Å². The number of hydrogen-bond acceptors (Lipinski definition) is 0. The third-order valence-corrected chi connectivity index (χ3v) is 2.85. The highest BCUT2D eigenvalue weighted by Gasteiger charge is 2.06. The molecule has 0 aliphatic heterocycles. The predicted octanol–water partition coefficient (Wildman–Crippen LogP) is 3.30. The molecule has 0 bridgehead atoms. The van der Waals surface area contributed by atoms with Gasteiger partial charge in [0, 0.05) is 17.4 Å². The SMILES string of the molecule is CCc1ccc(C)c(CC)c1CC.[Al]. The Bertz CT molecular complexity index is 290. The van der Waals surface area contributed by atoms with Gasteiger partial charge in [-0.05, 0) is 48.4 Å².